The van der Waals surface area contributed by atoms with Crippen LogP contribution >= 0.6 is 11.3 Å². The molecule has 0 spiro atoms. The van der Waals surface area contributed by atoms with Crippen LogP contribution in [0.15, 0.2) is 29.8 Å². The minimum atomic E-state index is -0.815. The lowest BCUT2D eigenvalue weighted by atomic mass is 9.85. The molecule has 1 aromatic heterocycles. The smallest absolute Gasteiger partial charge is 0.246 e. The van der Waals surface area contributed by atoms with Gasteiger partial charge in [-0.2, -0.15) is 0 Å². The van der Waals surface area contributed by atoms with Crippen molar-refractivity contribution in [3.63, 3.8) is 0 Å². The second-order valence-corrected chi connectivity index (χ2v) is 18.4. The Morgan fingerprint density at radius 3 is 1.83 bits per heavy atom. The van der Waals surface area contributed by atoms with E-state index in [0.29, 0.717) is 19.5 Å². The average molecular weight is 839 g/mol. The molecule has 1 aliphatic rings. The number of hydrogen-bond donors (Lipinski definition) is 5. The number of aryl methyl sites for hydroxylation is 1. The molecule has 2 heterocycles. The van der Waals surface area contributed by atoms with Gasteiger partial charge in [0.05, 0.1) is 22.2 Å². The lowest BCUT2D eigenvalue weighted by molar-refractivity contribution is -0.144. The molecule has 0 bridgehead atoms. The number of aliphatic hydroxyl groups is 1. The predicted molar refractivity (Wildman–Crippen MR) is 236 cm³/mol. The van der Waals surface area contributed by atoms with Gasteiger partial charge in [-0.05, 0) is 36.3 Å². The number of nitrogens with one attached hydrogen (secondary N) is 3. The molecular formula is C46H74N6O6S. The van der Waals surface area contributed by atoms with Gasteiger partial charge in [-0.3, -0.25) is 24.0 Å². The first-order chi connectivity index (χ1) is 28.3. The van der Waals surface area contributed by atoms with Crippen molar-refractivity contribution in [2.45, 2.75) is 187 Å². The van der Waals surface area contributed by atoms with Gasteiger partial charge < -0.3 is 31.7 Å². The Kier molecular flexibility index (Phi) is 22.7. The van der Waals surface area contributed by atoms with Crippen LogP contribution in [0.4, 0.5) is 0 Å². The summed E-state index contributed by atoms with van der Waals surface area (Å²) in [5.41, 5.74) is 9.30. The second kappa shape index (κ2) is 27.1. The number of unbranched alkanes of at least 4 members (excludes halogenated alkanes) is 16. The summed E-state index contributed by atoms with van der Waals surface area (Å²) in [4.78, 5) is 69.6. The third-order valence-electron chi connectivity index (χ3n) is 11.2. The summed E-state index contributed by atoms with van der Waals surface area (Å²) in [6.45, 7) is 8.73. The number of thiazole rings is 1. The number of benzene rings is 1. The van der Waals surface area contributed by atoms with Gasteiger partial charge in [0.2, 0.25) is 29.5 Å². The van der Waals surface area contributed by atoms with E-state index in [2.05, 4.69) is 20.9 Å². The van der Waals surface area contributed by atoms with Gasteiger partial charge in [0.25, 0.3) is 0 Å². The fourth-order valence-corrected chi connectivity index (χ4v) is 8.44. The van der Waals surface area contributed by atoms with Crippen molar-refractivity contribution >= 4 is 40.9 Å². The zero-order chi connectivity index (χ0) is 43.0. The van der Waals surface area contributed by atoms with Crippen LogP contribution in [0.2, 0.25) is 0 Å². The maximum Gasteiger partial charge on any atom is 0.246 e. The highest BCUT2D eigenvalue weighted by Crippen LogP contribution is 2.28. The molecule has 1 aromatic carbocycles. The van der Waals surface area contributed by atoms with E-state index >= 15 is 0 Å². The van der Waals surface area contributed by atoms with Crippen LogP contribution in [0.1, 0.15) is 167 Å². The molecule has 0 aliphatic carbocycles. The maximum absolute atomic E-state index is 13.9. The molecule has 12 nitrogen and oxygen atoms in total. The normalized spacial score (nSPS) is 15.8. The number of nitrogens with zero attached hydrogens (tertiary/aromatic N) is 2. The number of carbonyl (C=O) groups excluding carboxylic acids is 5. The van der Waals surface area contributed by atoms with E-state index in [1.54, 1.807) is 11.3 Å². The van der Waals surface area contributed by atoms with E-state index in [1.165, 1.54) is 81.9 Å². The molecule has 330 valence electrons. The molecular weight excluding hydrogens is 765 g/mol. The molecule has 3 rings (SSSR count). The molecule has 1 saturated heterocycles. The standard InChI is InChI=1S/C46H74N6O6S/c1-34-42(59-33-50-34)36-25-23-35(24-26-36)31-49-44(57)38-30-37(53)32-52(38)45(58)43(46(2,3)4)51-41(56)22-20-18-16-14-12-10-8-6-5-7-9-11-13-15-17-19-21-29-48-40(55)28-27-39(47)54/h23-26,33,37-38,43,53H,5-22,27-32H2,1-4H3,(H2,47,54)(H,48,55)(H,49,57)(H,51,56)/t37-,38+,43+/m1/s1. The van der Waals surface area contributed by atoms with Crippen LogP contribution in [0.3, 0.4) is 0 Å². The Bertz CT molecular complexity index is 1570. The SMILES string of the molecule is Cc1ncsc1-c1ccc(CNC(=O)[C@@H]2C[C@@H](O)CN2C(=O)[C@H](NC(=O)CCCCCCCCCCCCCCCCCCCNC(=O)CCC(N)=O)C(C)(C)C)cc1. The summed E-state index contributed by atoms with van der Waals surface area (Å²) < 4.78 is 0. The Morgan fingerprint density at radius 2 is 1.32 bits per heavy atom. The Labute approximate surface area is 357 Å². The lowest BCUT2D eigenvalue weighted by Gasteiger charge is -2.35. The van der Waals surface area contributed by atoms with Crippen LogP contribution in [-0.4, -0.2) is 75.8 Å². The van der Waals surface area contributed by atoms with E-state index < -0.39 is 29.5 Å². The minimum Gasteiger partial charge on any atom is -0.391 e. The number of amides is 5. The van der Waals surface area contributed by atoms with Crippen LogP contribution in [0.5, 0.6) is 0 Å². The average Bonchev–Trinajstić information content (AvgIpc) is 3.82. The molecule has 5 amide bonds. The van der Waals surface area contributed by atoms with E-state index in [0.717, 1.165) is 53.8 Å². The van der Waals surface area contributed by atoms with E-state index in [-0.39, 0.29) is 49.4 Å². The molecule has 6 N–H and O–H groups in total. The van der Waals surface area contributed by atoms with Gasteiger partial charge in [-0.1, -0.05) is 141 Å². The van der Waals surface area contributed by atoms with Crippen molar-refractivity contribution in [3.8, 4) is 10.4 Å². The summed E-state index contributed by atoms with van der Waals surface area (Å²) in [5.74, 6) is -1.35. The summed E-state index contributed by atoms with van der Waals surface area (Å²) in [7, 11) is 0. The van der Waals surface area contributed by atoms with Crippen molar-refractivity contribution < 1.29 is 29.1 Å². The maximum atomic E-state index is 13.9. The second-order valence-electron chi connectivity index (χ2n) is 17.5. The zero-order valence-corrected chi connectivity index (χ0v) is 37.3. The quantitative estimate of drug-likeness (QED) is 0.0522. The van der Waals surface area contributed by atoms with Gasteiger partial charge in [0.1, 0.15) is 12.1 Å². The van der Waals surface area contributed by atoms with Crippen molar-refractivity contribution in [1.29, 1.82) is 0 Å². The van der Waals surface area contributed by atoms with Crippen molar-refractivity contribution in [2.24, 2.45) is 11.1 Å². The topological polar surface area (TPSA) is 184 Å². The highest BCUT2D eigenvalue weighted by molar-refractivity contribution is 7.13. The van der Waals surface area contributed by atoms with E-state index in [4.69, 9.17) is 5.73 Å². The largest absolute Gasteiger partial charge is 0.391 e. The summed E-state index contributed by atoms with van der Waals surface area (Å²) in [6, 6.07) is 6.34. The number of likely N-dealkylation sites (tertiary alicyclic amines) is 1. The molecule has 1 fully saturated rings. The van der Waals surface area contributed by atoms with Crippen LogP contribution in [0, 0.1) is 12.3 Å². The molecule has 0 saturated carbocycles. The van der Waals surface area contributed by atoms with E-state index in [1.807, 2.05) is 57.5 Å². The number of aromatic nitrogens is 1. The third kappa shape index (κ3) is 19.4. The number of carbonyl (C=O) groups is 5. The molecule has 3 atom stereocenters. The number of rotatable bonds is 29. The van der Waals surface area contributed by atoms with Crippen molar-refractivity contribution in [1.82, 2.24) is 25.8 Å². The fourth-order valence-electron chi connectivity index (χ4n) is 7.63. The molecule has 59 heavy (non-hydrogen) atoms. The predicted octanol–water partition coefficient (Wildman–Crippen LogP) is 7.63. The van der Waals surface area contributed by atoms with Crippen LogP contribution in [-0.2, 0) is 30.5 Å². The molecule has 13 heteroatoms. The summed E-state index contributed by atoms with van der Waals surface area (Å²) in [5, 5.41) is 19.3. The van der Waals surface area contributed by atoms with Crippen LogP contribution in [0.25, 0.3) is 10.4 Å². The summed E-state index contributed by atoms with van der Waals surface area (Å²) >= 11 is 1.59. The minimum absolute atomic E-state index is 0.0545. The van der Waals surface area contributed by atoms with Gasteiger partial charge >= 0.3 is 0 Å². The first-order valence-corrected chi connectivity index (χ1v) is 23.2. The number of primary amides is 1. The lowest BCUT2D eigenvalue weighted by Crippen LogP contribution is -2.57. The van der Waals surface area contributed by atoms with Gasteiger partial charge in [0.15, 0.2) is 0 Å². The number of aliphatic hydroxyl groups excluding tert-OH is 1. The summed E-state index contributed by atoms with van der Waals surface area (Å²) in [6.07, 6.45) is 20.1. The van der Waals surface area contributed by atoms with E-state index in [9.17, 15) is 29.1 Å². The third-order valence-corrected chi connectivity index (χ3v) is 12.2. The monoisotopic (exact) mass is 839 g/mol. The molecule has 2 aromatic rings. The molecule has 0 radical (unpaired) electrons. The Balaban J connectivity index is 1.22. The molecule has 0 unspecified atom stereocenters. The highest BCUT2D eigenvalue weighted by Gasteiger charge is 2.44. The first kappa shape index (κ1) is 49.5. The van der Waals surface area contributed by atoms with Crippen LogP contribution < -0.4 is 21.7 Å². The fraction of sp³-hybridized carbons (Fsp3) is 0.696. The number of β-amino-alcohol motifs (C(OH)–C–C–N with tert-alkyl or cyclic N) is 1. The van der Waals surface area contributed by atoms with Gasteiger partial charge in [-0.25, -0.2) is 4.98 Å². The number of hydrogen-bond acceptors (Lipinski definition) is 8. The zero-order valence-electron chi connectivity index (χ0n) is 36.5. The highest BCUT2D eigenvalue weighted by atomic mass is 32.1. The molecule has 1 aliphatic heterocycles. The number of nitrogens with two attached hydrogens (primary N) is 1. The first-order valence-electron chi connectivity index (χ1n) is 22.4. The van der Waals surface area contributed by atoms with Gasteiger partial charge in [0, 0.05) is 45.3 Å². The van der Waals surface area contributed by atoms with Crippen molar-refractivity contribution in [2.75, 3.05) is 13.1 Å². The van der Waals surface area contributed by atoms with Gasteiger partial charge in [-0.15, -0.1) is 11.3 Å². The Hall–Kier alpha value is -3.84. The Morgan fingerprint density at radius 1 is 0.780 bits per heavy atom. The van der Waals surface area contributed by atoms with Crippen molar-refractivity contribution in [3.05, 3.63) is 41.0 Å².